The van der Waals surface area contributed by atoms with Gasteiger partial charge in [0.1, 0.15) is 17.1 Å². The van der Waals surface area contributed by atoms with Crippen LogP contribution in [0.1, 0.15) is 20.9 Å². The Labute approximate surface area is 193 Å². The number of thiophene rings is 1. The number of fused-ring (bicyclic) bond motifs is 1. The van der Waals surface area contributed by atoms with Gasteiger partial charge >= 0.3 is 0 Å². The van der Waals surface area contributed by atoms with E-state index in [1.807, 2.05) is 12.1 Å². The number of carbonyl (C=O) groups excluding carboxylic acids is 2. The van der Waals surface area contributed by atoms with Crippen LogP contribution in [0.5, 0.6) is 5.75 Å². The van der Waals surface area contributed by atoms with Crippen LogP contribution < -0.4 is 20.9 Å². The SMILES string of the molecule is COc1ccccc1NC(=O)Cn1cnc2sc(C(=O)NCc3ccccn3)c(C)c2c1=O. The summed E-state index contributed by atoms with van der Waals surface area (Å²) in [4.78, 5) is 47.6. The molecule has 0 radical (unpaired) electrons. The largest absolute Gasteiger partial charge is 0.495 e. The molecule has 1 aromatic carbocycles. The molecule has 0 spiro atoms. The van der Waals surface area contributed by atoms with Gasteiger partial charge in [-0.1, -0.05) is 18.2 Å². The van der Waals surface area contributed by atoms with Gasteiger partial charge in [0.05, 0.1) is 41.6 Å². The van der Waals surface area contributed by atoms with Crippen molar-refractivity contribution in [2.24, 2.45) is 0 Å². The summed E-state index contributed by atoms with van der Waals surface area (Å²) >= 11 is 1.14. The number of nitrogens with one attached hydrogen (secondary N) is 2. The van der Waals surface area contributed by atoms with Gasteiger partial charge in [-0.25, -0.2) is 4.98 Å². The molecule has 0 saturated carbocycles. The Morgan fingerprint density at radius 3 is 2.67 bits per heavy atom. The van der Waals surface area contributed by atoms with E-state index in [0.29, 0.717) is 32.1 Å². The van der Waals surface area contributed by atoms with Gasteiger partial charge in [-0.15, -0.1) is 11.3 Å². The van der Waals surface area contributed by atoms with Gasteiger partial charge in [0.25, 0.3) is 11.5 Å². The molecule has 0 fully saturated rings. The van der Waals surface area contributed by atoms with E-state index >= 15 is 0 Å². The minimum Gasteiger partial charge on any atom is -0.495 e. The lowest BCUT2D eigenvalue weighted by Crippen LogP contribution is -2.28. The predicted octanol–water partition coefficient (Wildman–Crippen LogP) is 2.74. The van der Waals surface area contributed by atoms with Crippen LogP contribution >= 0.6 is 11.3 Å². The van der Waals surface area contributed by atoms with Crippen LogP contribution in [0.4, 0.5) is 5.69 Å². The van der Waals surface area contributed by atoms with Gasteiger partial charge in [-0.2, -0.15) is 0 Å². The maximum Gasteiger partial charge on any atom is 0.262 e. The summed E-state index contributed by atoms with van der Waals surface area (Å²) in [5, 5.41) is 5.88. The first-order valence-electron chi connectivity index (χ1n) is 10.1. The van der Waals surface area contributed by atoms with Crippen molar-refractivity contribution in [1.82, 2.24) is 19.9 Å². The molecule has 0 saturated heterocycles. The molecular weight excluding hydrogens is 442 g/mol. The van der Waals surface area contributed by atoms with Crippen molar-refractivity contribution in [2.75, 3.05) is 12.4 Å². The molecule has 3 heterocycles. The number of rotatable bonds is 7. The molecule has 3 aromatic heterocycles. The zero-order valence-electron chi connectivity index (χ0n) is 18.0. The monoisotopic (exact) mass is 463 g/mol. The number of aromatic nitrogens is 3. The van der Waals surface area contributed by atoms with E-state index in [-0.39, 0.29) is 24.6 Å². The van der Waals surface area contributed by atoms with Crippen LogP contribution in [0, 0.1) is 6.92 Å². The van der Waals surface area contributed by atoms with Crippen molar-refractivity contribution < 1.29 is 14.3 Å². The number of ether oxygens (including phenoxy) is 1. The number of anilines is 1. The zero-order valence-corrected chi connectivity index (χ0v) is 18.8. The number of hydrogen-bond donors (Lipinski definition) is 2. The first-order chi connectivity index (χ1) is 16.0. The zero-order chi connectivity index (χ0) is 23.4. The highest BCUT2D eigenvalue weighted by Crippen LogP contribution is 2.27. The van der Waals surface area contributed by atoms with E-state index in [0.717, 1.165) is 17.0 Å². The number of methoxy groups -OCH3 is 1. The number of para-hydroxylation sites is 2. The highest BCUT2D eigenvalue weighted by atomic mass is 32.1. The van der Waals surface area contributed by atoms with Crippen LogP contribution in [0.25, 0.3) is 10.2 Å². The maximum atomic E-state index is 13.1. The number of carbonyl (C=O) groups is 2. The van der Waals surface area contributed by atoms with Crippen molar-refractivity contribution in [1.29, 1.82) is 0 Å². The van der Waals surface area contributed by atoms with Crippen molar-refractivity contribution in [3.63, 3.8) is 0 Å². The average molecular weight is 464 g/mol. The third-order valence-corrected chi connectivity index (χ3v) is 6.17. The molecule has 4 rings (SSSR count). The van der Waals surface area contributed by atoms with E-state index in [1.165, 1.54) is 18.0 Å². The summed E-state index contributed by atoms with van der Waals surface area (Å²) in [5.41, 5.74) is 1.38. The van der Waals surface area contributed by atoms with Crippen LogP contribution in [0.15, 0.2) is 59.8 Å². The fourth-order valence-corrected chi connectivity index (χ4v) is 4.39. The lowest BCUT2D eigenvalue weighted by atomic mass is 10.2. The normalized spacial score (nSPS) is 10.7. The van der Waals surface area contributed by atoms with E-state index in [4.69, 9.17) is 4.74 Å². The van der Waals surface area contributed by atoms with E-state index < -0.39 is 5.91 Å². The summed E-state index contributed by atoms with van der Waals surface area (Å²) in [6.07, 6.45) is 2.97. The summed E-state index contributed by atoms with van der Waals surface area (Å²) in [7, 11) is 1.51. The summed E-state index contributed by atoms with van der Waals surface area (Å²) in [6.45, 7) is 1.75. The molecular formula is C23H21N5O4S. The second kappa shape index (κ2) is 9.61. The molecule has 0 aliphatic rings. The summed E-state index contributed by atoms with van der Waals surface area (Å²) < 4.78 is 6.46. The quantitative estimate of drug-likeness (QED) is 0.436. The van der Waals surface area contributed by atoms with Gasteiger partial charge < -0.3 is 15.4 Å². The third kappa shape index (κ3) is 4.75. The van der Waals surface area contributed by atoms with E-state index in [9.17, 15) is 14.4 Å². The molecule has 0 aliphatic heterocycles. The van der Waals surface area contributed by atoms with Crippen LogP contribution in [-0.2, 0) is 17.9 Å². The van der Waals surface area contributed by atoms with Crippen LogP contribution in [0.2, 0.25) is 0 Å². The molecule has 0 aliphatic carbocycles. The lowest BCUT2D eigenvalue weighted by molar-refractivity contribution is -0.116. The molecule has 4 aromatic rings. The van der Waals surface area contributed by atoms with Gasteiger partial charge in [-0.05, 0) is 36.8 Å². The van der Waals surface area contributed by atoms with E-state index in [2.05, 4.69) is 20.6 Å². The molecule has 0 atom stereocenters. The highest BCUT2D eigenvalue weighted by molar-refractivity contribution is 7.20. The maximum absolute atomic E-state index is 13.1. The minimum atomic E-state index is -0.399. The fraction of sp³-hybridized carbons (Fsp3) is 0.174. The summed E-state index contributed by atoms with van der Waals surface area (Å²) in [5.74, 6) is -0.188. The van der Waals surface area contributed by atoms with Crippen LogP contribution in [0.3, 0.4) is 0 Å². The smallest absolute Gasteiger partial charge is 0.262 e. The standard InChI is InChI=1S/C23H21N5O4S/c1-14-19-22(33-20(14)21(30)25-11-15-7-5-6-10-24-15)26-13-28(23(19)31)12-18(29)27-16-8-3-4-9-17(16)32-2/h3-10,13H,11-12H2,1-2H3,(H,25,30)(H,27,29). The fourth-order valence-electron chi connectivity index (χ4n) is 3.33. The number of pyridine rings is 1. The molecule has 10 heteroatoms. The topological polar surface area (TPSA) is 115 Å². The van der Waals surface area contributed by atoms with Crippen LogP contribution in [-0.4, -0.2) is 33.5 Å². The first-order valence-corrected chi connectivity index (χ1v) is 10.9. The Hall–Kier alpha value is -4.05. The Kier molecular flexibility index (Phi) is 6.45. The predicted molar refractivity (Wildman–Crippen MR) is 126 cm³/mol. The van der Waals surface area contributed by atoms with Crippen molar-refractivity contribution in [3.05, 3.63) is 81.5 Å². The number of hydrogen-bond acceptors (Lipinski definition) is 7. The molecule has 0 bridgehead atoms. The number of aryl methyl sites for hydroxylation is 1. The molecule has 2 amide bonds. The van der Waals surface area contributed by atoms with Gasteiger partial charge in [0.15, 0.2) is 0 Å². The molecule has 0 unspecified atom stereocenters. The highest BCUT2D eigenvalue weighted by Gasteiger charge is 2.20. The third-order valence-electron chi connectivity index (χ3n) is 4.97. The van der Waals surface area contributed by atoms with Gasteiger partial charge in [0.2, 0.25) is 5.91 Å². The summed E-state index contributed by atoms with van der Waals surface area (Å²) in [6, 6.07) is 12.5. The average Bonchev–Trinajstić information content (AvgIpc) is 3.17. The second-order valence-corrected chi connectivity index (χ2v) is 8.17. The molecule has 2 N–H and O–H groups in total. The first kappa shape index (κ1) is 22.2. The van der Waals surface area contributed by atoms with Crippen molar-refractivity contribution in [2.45, 2.75) is 20.0 Å². The Morgan fingerprint density at radius 2 is 1.91 bits per heavy atom. The lowest BCUT2D eigenvalue weighted by Gasteiger charge is -2.10. The van der Waals surface area contributed by atoms with E-state index in [1.54, 1.807) is 43.5 Å². The second-order valence-electron chi connectivity index (χ2n) is 7.17. The van der Waals surface area contributed by atoms with Crippen molar-refractivity contribution >= 4 is 39.1 Å². The number of benzene rings is 1. The van der Waals surface area contributed by atoms with Crippen molar-refractivity contribution in [3.8, 4) is 5.75 Å². The Morgan fingerprint density at radius 1 is 1.12 bits per heavy atom. The molecule has 33 heavy (non-hydrogen) atoms. The van der Waals surface area contributed by atoms with Gasteiger partial charge in [-0.3, -0.25) is 23.9 Å². The van der Waals surface area contributed by atoms with Gasteiger partial charge in [0, 0.05) is 6.20 Å². The number of amides is 2. The minimum absolute atomic E-state index is 0.226. The number of nitrogens with zero attached hydrogens (tertiary/aromatic N) is 3. The molecule has 168 valence electrons. The Balaban J connectivity index is 1.53. The molecule has 9 nitrogen and oxygen atoms in total. The Bertz CT molecular complexity index is 1380.